The highest BCUT2D eigenvalue weighted by atomic mass is 35.5. The molecule has 1 aliphatic rings. The van der Waals surface area contributed by atoms with Crippen LogP contribution in [0.25, 0.3) is 0 Å². The fourth-order valence-corrected chi connectivity index (χ4v) is 5.67. The zero-order chi connectivity index (χ0) is 25.0. The second kappa shape index (κ2) is 10.9. The summed E-state index contributed by atoms with van der Waals surface area (Å²) in [5.41, 5.74) is 3.38. The third kappa shape index (κ3) is 6.50. The van der Waals surface area contributed by atoms with Crippen molar-refractivity contribution in [1.29, 1.82) is 0 Å². The Hall–Kier alpha value is -2.70. The minimum Gasteiger partial charge on any atom is -0.343 e. The lowest BCUT2D eigenvalue weighted by molar-refractivity contribution is -0.132. The third-order valence-electron chi connectivity index (χ3n) is 6.45. The minimum atomic E-state index is -0.183. The molecule has 2 heterocycles. The number of nitrogens with zero attached hydrogens (tertiary/aromatic N) is 2. The van der Waals surface area contributed by atoms with E-state index >= 15 is 0 Å². The van der Waals surface area contributed by atoms with Gasteiger partial charge in [0.15, 0.2) is 0 Å². The normalized spacial score (nSPS) is 14.7. The number of hydrogen-bond acceptors (Lipinski definition) is 4. The number of aryl methyl sites for hydroxylation is 1. The van der Waals surface area contributed by atoms with E-state index in [0.717, 1.165) is 47.8 Å². The summed E-state index contributed by atoms with van der Waals surface area (Å²) in [6, 6.07) is 15.6. The van der Waals surface area contributed by atoms with Gasteiger partial charge < -0.3 is 10.2 Å². The lowest BCUT2D eigenvalue weighted by Gasteiger charge is -2.31. The van der Waals surface area contributed by atoms with Gasteiger partial charge in [-0.05, 0) is 54.0 Å². The molecular formula is C28H32ClN3O2S. The number of rotatable bonds is 6. The van der Waals surface area contributed by atoms with Crippen LogP contribution in [0.2, 0.25) is 5.02 Å². The van der Waals surface area contributed by atoms with Crippen molar-refractivity contribution in [1.82, 2.24) is 9.88 Å². The number of thiazole rings is 1. The first-order valence-electron chi connectivity index (χ1n) is 12.1. The topological polar surface area (TPSA) is 62.3 Å². The molecule has 0 bridgehead atoms. The average molecular weight is 510 g/mol. The molecule has 4 rings (SSSR count). The van der Waals surface area contributed by atoms with Crippen molar-refractivity contribution in [3.8, 4) is 0 Å². The third-order valence-corrected chi connectivity index (χ3v) is 7.69. The van der Waals surface area contributed by atoms with E-state index in [1.807, 2.05) is 58.8 Å². The van der Waals surface area contributed by atoms with Gasteiger partial charge >= 0.3 is 0 Å². The van der Waals surface area contributed by atoms with E-state index < -0.39 is 0 Å². The van der Waals surface area contributed by atoms with Gasteiger partial charge in [0.05, 0.1) is 5.01 Å². The van der Waals surface area contributed by atoms with Crippen molar-refractivity contribution in [2.45, 2.75) is 57.8 Å². The molecule has 2 amide bonds. The number of carbonyl (C=O) groups is 2. The average Bonchev–Trinajstić information content (AvgIpc) is 3.33. The molecule has 184 valence electrons. The van der Waals surface area contributed by atoms with Crippen LogP contribution in [0.3, 0.4) is 0 Å². The Balaban J connectivity index is 1.31. The molecule has 0 radical (unpaired) electrons. The molecule has 0 aliphatic carbocycles. The zero-order valence-electron chi connectivity index (χ0n) is 20.5. The number of amides is 2. The fourth-order valence-electron chi connectivity index (χ4n) is 4.49. The first-order chi connectivity index (χ1) is 16.7. The molecule has 0 unspecified atom stereocenters. The Morgan fingerprint density at radius 1 is 1.11 bits per heavy atom. The van der Waals surface area contributed by atoms with Crippen molar-refractivity contribution in [3.05, 3.63) is 80.8 Å². The van der Waals surface area contributed by atoms with Crippen LogP contribution in [0.1, 0.15) is 72.6 Å². The van der Waals surface area contributed by atoms with Crippen LogP contribution < -0.4 is 5.32 Å². The Morgan fingerprint density at radius 2 is 1.86 bits per heavy atom. The van der Waals surface area contributed by atoms with Crippen molar-refractivity contribution < 1.29 is 9.59 Å². The Bertz CT molecular complexity index is 1190. The number of para-hydroxylation sites is 1. The van der Waals surface area contributed by atoms with Gasteiger partial charge in [-0.15, -0.1) is 11.3 Å². The van der Waals surface area contributed by atoms with Crippen LogP contribution >= 0.6 is 22.9 Å². The van der Waals surface area contributed by atoms with Crippen LogP contribution in [0.15, 0.2) is 53.9 Å². The number of hydrogen-bond donors (Lipinski definition) is 1. The molecule has 0 spiro atoms. The number of halogens is 1. The van der Waals surface area contributed by atoms with E-state index in [1.165, 1.54) is 11.3 Å². The van der Waals surface area contributed by atoms with Gasteiger partial charge in [0.1, 0.15) is 5.69 Å². The van der Waals surface area contributed by atoms with Gasteiger partial charge in [0.25, 0.3) is 5.91 Å². The minimum absolute atomic E-state index is 0.0728. The van der Waals surface area contributed by atoms with Gasteiger partial charge in [-0.25, -0.2) is 4.98 Å². The van der Waals surface area contributed by atoms with Gasteiger partial charge in [0.2, 0.25) is 5.91 Å². The zero-order valence-corrected chi connectivity index (χ0v) is 22.1. The lowest BCUT2D eigenvalue weighted by Crippen LogP contribution is -2.38. The summed E-state index contributed by atoms with van der Waals surface area (Å²) >= 11 is 7.58. The summed E-state index contributed by atoms with van der Waals surface area (Å²) in [5, 5.41) is 6.56. The molecule has 7 heteroatoms. The Morgan fingerprint density at radius 3 is 2.57 bits per heavy atom. The van der Waals surface area contributed by atoms with E-state index in [2.05, 4.69) is 31.1 Å². The van der Waals surface area contributed by atoms with Crippen molar-refractivity contribution >= 4 is 40.4 Å². The van der Waals surface area contributed by atoms with E-state index in [1.54, 1.807) is 0 Å². The molecule has 2 aromatic carbocycles. The van der Waals surface area contributed by atoms with Crippen LogP contribution in [0, 0.1) is 0 Å². The van der Waals surface area contributed by atoms with Crippen LogP contribution in [0.4, 0.5) is 5.69 Å². The maximum Gasteiger partial charge on any atom is 0.275 e. The number of anilines is 1. The SMILES string of the molecule is CC(C)(C)c1ccccc1NC(=O)c1csc(C2CCN(C(=O)CCc3cccc(Cl)c3)CC2)n1. The lowest BCUT2D eigenvalue weighted by atomic mass is 9.86. The first kappa shape index (κ1) is 25.4. The van der Waals surface area contributed by atoms with Gasteiger partial charge in [-0.3, -0.25) is 9.59 Å². The highest BCUT2D eigenvalue weighted by molar-refractivity contribution is 7.10. The van der Waals surface area contributed by atoms with E-state index in [4.69, 9.17) is 11.6 Å². The number of nitrogens with one attached hydrogen (secondary N) is 1. The number of carbonyl (C=O) groups excluding carboxylic acids is 2. The summed E-state index contributed by atoms with van der Waals surface area (Å²) < 4.78 is 0. The molecule has 1 N–H and O–H groups in total. The molecule has 1 fully saturated rings. The Kier molecular flexibility index (Phi) is 7.92. The molecule has 0 atom stereocenters. The fraction of sp³-hybridized carbons (Fsp3) is 0.393. The van der Waals surface area contributed by atoms with E-state index in [9.17, 15) is 9.59 Å². The van der Waals surface area contributed by atoms with Gasteiger partial charge in [-0.1, -0.05) is 62.7 Å². The molecule has 3 aromatic rings. The maximum absolute atomic E-state index is 12.9. The molecule has 1 saturated heterocycles. The first-order valence-corrected chi connectivity index (χ1v) is 13.3. The second-order valence-electron chi connectivity index (χ2n) is 10.1. The monoisotopic (exact) mass is 509 g/mol. The van der Waals surface area contributed by atoms with Crippen molar-refractivity contribution in [2.75, 3.05) is 18.4 Å². The summed E-state index contributed by atoms with van der Waals surface area (Å²) in [6.07, 6.45) is 2.92. The molecule has 1 aromatic heterocycles. The maximum atomic E-state index is 12.9. The molecule has 0 saturated carbocycles. The number of benzene rings is 2. The highest BCUT2D eigenvalue weighted by Gasteiger charge is 2.26. The van der Waals surface area contributed by atoms with E-state index in [-0.39, 0.29) is 23.1 Å². The molecule has 1 aliphatic heterocycles. The molecular weight excluding hydrogens is 478 g/mol. The second-order valence-corrected chi connectivity index (χ2v) is 11.4. The predicted octanol–water partition coefficient (Wildman–Crippen LogP) is 6.69. The standard InChI is InChI=1S/C28H32ClN3O2S/c1-28(2,3)22-9-4-5-10-23(22)30-26(34)24-18-35-27(31-24)20-13-15-32(16-14-20)25(33)12-11-19-7-6-8-21(29)17-19/h4-10,17-18,20H,11-16H2,1-3H3,(H,30,34). The Labute approximate surface area is 216 Å². The van der Waals surface area contributed by atoms with Gasteiger partial charge in [-0.2, -0.15) is 0 Å². The highest BCUT2D eigenvalue weighted by Crippen LogP contribution is 2.32. The number of aromatic nitrogens is 1. The van der Waals surface area contributed by atoms with Crippen LogP contribution in [-0.2, 0) is 16.6 Å². The van der Waals surface area contributed by atoms with Crippen molar-refractivity contribution in [2.24, 2.45) is 0 Å². The summed E-state index contributed by atoms with van der Waals surface area (Å²) in [7, 11) is 0. The largest absolute Gasteiger partial charge is 0.343 e. The van der Waals surface area contributed by atoms with Crippen molar-refractivity contribution in [3.63, 3.8) is 0 Å². The predicted molar refractivity (Wildman–Crippen MR) is 144 cm³/mol. The summed E-state index contributed by atoms with van der Waals surface area (Å²) in [5.74, 6) is 0.276. The van der Waals surface area contributed by atoms with Gasteiger partial charge in [0, 0.05) is 41.5 Å². The molecule has 5 nitrogen and oxygen atoms in total. The number of likely N-dealkylation sites (tertiary alicyclic amines) is 1. The van der Waals surface area contributed by atoms with Crippen LogP contribution in [-0.4, -0.2) is 34.8 Å². The summed E-state index contributed by atoms with van der Waals surface area (Å²) in [4.78, 5) is 32.2. The summed E-state index contributed by atoms with van der Waals surface area (Å²) in [6.45, 7) is 7.84. The quantitative estimate of drug-likeness (QED) is 0.403. The number of piperidine rings is 1. The van der Waals surface area contributed by atoms with Crippen LogP contribution in [0.5, 0.6) is 0 Å². The van der Waals surface area contributed by atoms with E-state index in [0.29, 0.717) is 23.6 Å². The smallest absolute Gasteiger partial charge is 0.275 e. The molecule has 35 heavy (non-hydrogen) atoms.